The lowest BCUT2D eigenvalue weighted by Crippen LogP contribution is -2.51. The van der Waals surface area contributed by atoms with Crippen LogP contribution in [0.25, 0.3) is 16.6 Å². The molecule has 1 N–H and O–H groups in total. The van der Waals surface area contributed by atoms with Crippen LogP contribution in [0.3, 0.4) is 0 Å². The first kappa shape index (κ1) is 26.8. The van der Waals surface area contributed by atoms with Crippen molar-refractivity contribution in [2.24, 2.45) is 0 Å². The molecule has 208 valence electrons. The molecule has 6 rings (SSSR count). The predicted molar refractivity (Wildman–Crippen MR) is 157 cm³/mol. The number of nitrogens with zero attached hydrogens (tertiary/aromatic N) is 4. The molecule has 0 saturated heterocycles. The number of aromatic nitrogens is 4. The van der Waals surface area contributed by atoms with Gasteiger partial charge in [0.05, 0.1) is 41.9 Å². The fourth-order valence-corrected chi connectivity index (χ4v) is 6.16. The highest BCUT2D eigenvalue weighted by Gasteiger charge is 2.40. The summed E-state index contributed by atoms with van der Waals surface area (Å²) in [6.07, 6.45) is 3.15. The lowest BCUT2D eigenvalue weighted by molar-refractivity contribution is -0.139. The molecule has 0 spiro atoms. The fraction of sp³-hybridized carbons (Fsp3) is 0.250. The minimum Gasteiger partial charge on any atom is -0.469 e. The van der Waals surface area contributed by atoms with Crippen LogP contribution in [0.15, 0.2) is 73.1 Å². The number of ether oxygens (including phenoxy) is 1. The summed E-state index contributed by atoms with van der Waals surface area (Å²) in [5.41, 5.74) is 5.65. The second-order valence-corrected chi connectivity index (χ2v) is 11.0. The van der Waals surface area contributed by atoms with Crippen molar-refractivity contribution in [2.75, 3.05) is 7.11 Å². The van der Waals surface area contributed by atoms with Crippen molar-refractivity contribution in [1.29, 1.82) is 0 Å². The van der Waals surface area contributed by atoms with Crippen LogP contribution in [-0.2, 0) is 34.5 Å². The monoisotopic (exact) mass is 567 g/mol. The number of benzene rings is 3. The Morgan fingerprint density at radius 2 is 1.88 bits per heavy atom. The maximum absolute atomic E-state index is 13.9. The number of hydrogen-bond acceptors (Lipinski definition) is 5. The molecule has 0 aliphatic carbocycles. The lowest BCUT2D eigenvalue weighted by atomic mass is 9.81. The Bertz CT molecular complexity index is 1790. The summed E-state index contributed by atoms with van der Waals surface area (Å²) in [5.74, 6) is 0.117. The van der Waals surface area contributed by atoms with E-state index in [1.807, 2.05) is 50.2 Å². The molecule has 41 heavy (non-hydrogen) atoms. The molecule has 9 heteroatoms. The van der Waals surface area contributed by atoms with E-state index in [1.165, 1.54) is 7.11 Å². The standard InChI is InChI=1S/C32H30ClN5O3/c1-20-9-12-28-25(15-20)26(17-30(39)41-3)29-13-14-32(18-37(28)29,22-7-5-4-6-8-22)35-31(40)24-11-10-23(16-27(24)33)38-19-34-21(2)36-38/h4-12,15-16,19H,13-14,17-18H2,1-3H3,(H,35,40)/t32-/m1/s1. The maximum atomic E-state index is 13.9. The number of amides is 1. The van der Waals surface area contributed by atoms with E-state index in [2.05, 4.69) is 38.2 Å². The van der Waals surface area contributed by atoms with Crippen LogP contribution in [0.1, 0.15) is 45.0 Å². The van der Waals surface area contributed by atoms with Crippen LogP contribution < -0.4 is 5.32 Å². The highest BCUT2D eigenvalue weighted by atomic mass is 35.5. The van der Waals surface area contributed by atoms with Crippen molar-refractivity contribution < 1.29 is 14.3 Å². The van der Waals surface area contributed by atoms with Crippen molar-refractivity contribution in [2.45, 2.75) is 45.2 Å². The first-order valence-electron chi connectivity index (χ1n) is 13.5. The fourth-order valence-electron chi connectivity index (χ4n) is 5.90. The van der Waals surface area contributed by atoms with Gasteiger partial charge in [-0.1, -0.05) is 53.6 Å². The summed E-state index contributed by atoms with van der Waals surface area (Å²) in [5, 5.41) is 9.08. The van der Waals surface area contributed by atoms with Gasteiger partial charge < -0.3 is 14.6 Å². The number of hydrogen-bond donors (Lipinski definition) is 1. The molecule has 3 heterocycles. The van der Waals surface area contributed by atoms with Gasteiger partial charge >= 0.3 is 5.97 Å². The number of esters is 1. The van der Waals surface area contributed by atoms with E-state index in [9.17, 15) is 9.59 Å². The zero-order valence-electron chi connectivity index (χ0n) is 23.1. The van der Waals surface area contributed by atoms with Crippen molar-refractivity contribution in [1.82, 2.24) is 24.6 Å². The lowest BCUT2D eigenvalue weighted by Gasteiger charge is -2.40. The van der Waals surface area contributed by atoms with Gasteiger partial charge in [0.15, 0.2) is 0 Å². The second kappa shape index (κ2) is 10.5. The summed E-state index contributed by atoms with van der Waals surface area (Å²) in [6, 6.07) is 21.6. The van der Waals surface area contributed by atoms with E-state index in [1.54, 1.807) is 23.1 Å². The molecule has 8 nitrogen and oxygen atoms in total. The molecular weight excluding hydrogens is 538 g/mol. The molecule has 0 saturated carbocycles. The molecular formula is C32H30ClN5O3. The third-order valence-electron chi connectivity index (χ3n) is 7.95. The SMILES string of the molecule is COC(=O)Cc1c2n(c3ccc(C)cc13)C[C@@](NC(=O)c1ccc(-n3cnc(C)n3)cc1Cl)(c1ccccc1)CC2. The number of fused-ring (bicyclic) bond motifs is 3. The Hall–Kier alpha value is -4.43. The van der Waals surface area contributed by atoms with Crippen LogP contribution in [0.5, 0.6) is 0 Å². The minimum atomic E-state index is -0.699. The van der Waals surface area contributed by atoms with Gasteiger partial charge in [-0.2, -0.15) is 5.10 Å². The van der Waals surface area contributed by atoms with Gasteiger partial charge in [-0.25, -0.2) is 9.67 Å². The van der Waals surface area contributed by atoms with E-state index in [-0.39, 0.29) is 18.3 Å². The molecule has 3 aromatic carbocycles. The third kappa shape index (κ3) is 4.89. The van der Waals surface area contributed by atoms with Gasteiger partial charge in [-0.15, -0.1) is 0 Å². The zero-order valence-corrected chi connectivity index (χ0v) is 23.9. The average Bonchev–Trinajstić information content (AvgIpc) is 3.54. The Balaban J connectivity index is 1.40. The number of nitrogens with one attached hydrogen (secondary N) is 1. The number of carbonyl (C=O) groups excluding carboxylic acids is 2. The molecule has 0 fully saturated rings. The first-order valence-corrected chi connectivity index (χ1v) is 13.9. The van der Waals surface area contributed by atoms with Crippen molar-refractivity contribution in [3.8, 4) is 5.69 Å². The van der Waals surface area contributed by atoms with Gasteiger partial charge in [0.2, 0.25) is 0 Å². The Morgan fingerprint density at radius 3 is 2.59 bits per heavy atom. The van der Waals surface area contributed by atoms with Gasteiger partial charge in [0.1, 0.15) is 12.2 Å². The second-order valence-electron chi connectivity index (χ2n) is 10.6. The van der Waals surface area contributed by atoms with Crippen molar-refractivity contribution >= 4 is 34.4 Å². The predicted octanol–water partition coefficient (Wildman–Crippen LogP) is 5.48. The van der Waals surface area contributed by atoms with E-state index >= 15 is 0 Å². The Morgan fingerprint density at radius 1 is 1.07 bits per heavy atom. The van der Waals surface area contributed by atoms with Crippen LogP contribution in [-0.4, -0.2) is 38.3 Å². The van der Waals surface area contributed by atoms with Gasteiger partial charge in [-0.3, -0.25) is 9.59 Å². The van der Waals surface area contributed by atoms with E-state index < -0.39 is 5.54 Å². The van der Waals surface area contributed by atoms with E-state index in [0.29, 0.717) is 35.8 Å². The third-order valence-corrected chi connectivity index (χ3v) is 8.27. The smallest absolute Gasteiger partial charge is 0.310 e. The van der Waals surface area contributed by atoms with Crippen LogP contribution >= 0.6 is 11.6 Å². The normalized spacial score (nSPS) is 16.4. The minimum absolute atomic E-state index is 0.205. The highest BCUT2D eigenvalue weighted by Crippen LogP contribution is 2.40. The molecule has 1 aliphatic rings. The number of aryl methyl sites for hydroxylation is 2. The van der Waals surface area contributed by atoms with Gasteiger partial charge in [-0.05, 0) is 68.1 Å². The molecule has 0 radical (unpaired) electrons. The molecule has 0 unspecified atom stereocenters. The summed E-state index contributed by atoms with van der Waals surface area (Å²) in [4.78, 5) is 30.4. The summed E-state index contributed by atoms with van der Waals surface area (Å²) in [6.45, 7) is 4.37. The average molecular weight is 568 g/mol. The number of rotatable bonds is 6. The summed E-state index contributed by atoms with van der Waals surface area (Å²) in [7, 11) is 1.42. The number of methoxy groups -OCH3 is 1. The Labute approximate surface area is 242 Å². The van der Waals surface area contributed by atoms with Crippen molar-refractivity contribution in [3.05, 3.63) is 112 Å². The van der Waals surface area contributed by atoms with Gasteiger partial charge in [0.25, 0.3) is 5.91 Å². The molecule has 0 bridgehead atoms. The summed E-state index contributed by atoms with van der Waals surface area (Å²) < 4.78 is 8.91. The maximum Gasteiger partial charge on any atom is 0.310 e. The zero-order chi connectivity index (χ0) is 28.7. The Kier molecular flexibility index (Phi) is 6.87. The molecule has 1 atom stereocenters. The molecule has 5 aromatic rings. The molecule has 1 aliphatic heterocycles. The number of carbonyl (C=O) groups is 2. The van der Waals surface area contributed by atoms with Crippen LogP contribution in [0, 0.1) is 13.8 Å². The van der Waals surface area contributed by atoms with Crippen molar-refractivity contribution in [3.63, 3.8) is 0 Å². The molecule has 2 aromatic heterocycles. The largest absolute Gasteiger partial charge is 0.469 e. The summed E-state index contributed by atoms with van der Waals surface area (Å²) >= 11 is 6.66. The van der Waals surface area contributed by atoms with Gasteiger partial charge in [0, 0.05) is 16.6 Å². The van der Waals surface area contributed by atoms with E-state index in [4.69, 9.17) is 16.3 Å². The van der Waals surface area contributed by atoms with Crippen LogP contribution in [0.4, 0.5) is 0 Å². The van der Waals surface area contributed by atoms with E-state index in [0.717, 1.165) is 39.0 Å². The molecule has 1 amide bonds. The topological polar surface area (TPSA) is 91.0 Å². The van der Waals surface area contributed by atoms with Crippen LogP contribution in [0.2, 0.25) is 5.02 Å². The first-order chi connectivity index (χ1) is 19.8. The highest BCUT2D eigenvalue weighted by molar-refractivity contribution is 6.34. The number of halogens is 1. The quantitative estimate of drug-likeness (QED) is 0.274.